The molecule has 0 spiro atoms. The summed E-state index contributed by atoms with van der Waals surface area (Å²) in [7, 11) is 1.59. The van der Waals surface area contributed by atoms with Crippen LogP contribution in [0.5, 0.6) is 11.5 Å². The van der Waals surface area contributed by atoms with Gasteiger partial charge < -0.3 is 15.2 Å². The molecule has 1 aromatic rings. The van der Waals surface area contributed by atoms with Crippen LogP contribution in [0.2, 0.25) is 0 Å². The number of nitrogens with two attached hydrogens (primary N) is 1. The summed E-state index contributed by atoms with van der Waals surface area (Å²) in [6.45, 7) is 2.25. The number of ether oxygens (including phenoxy) is 2. The summed E-state index contributed by atoms with van der Waals surface area (Å²) in [5.41, 5.74) is 6.50. The van der Waals surface area contributed by atoms with E-state index < -0.39 is 6.10 Å². The molecular formula is C12H16N2O2. The van der Waals surface area contributed by atoms with Gasteiger partial charge in [0.25, 0.3) is 0 Å². The van der Waals surface area contributed by atoms with E-state index in [0.29, 0.717) is 18.0 Å². The second kappa shape index (κ2) is 5.99. The fourth-order valence-electron chi connectivity index (χ4n) is 1.35. The van der Waals surface area contributed by atoms with E-state index in [4.69, 9.17) is 20.5 Å². The topological polar surface area (TPSA) is 68.3 Å². The number of hydrogen-bond donors (Lipinski definition) is 1. The van der Waals surface area contributed by atoms with Crippen molar-refractivity contribution in [1.82, 2.24) is 0 Å². The van der Waals surface area contributed by atoms with Crippen molar-refractivity contribution in [1.29, 1.82) is 5.26 Å². The molecule has 1 aromatic carbocycles. The fraction of sp³-hybridized carbons (Fsp3) is 0.417. The molecule has 0 aliphatic heterocycles. The molecule has 0 saturated carbocycles. The van der Waals surface area contributed by atoms with E-state index in [0.717, 1.165) is 12.0 Å². The van der Waals surface area contributed by atoms with Crippen molar-refractivity contribution in [3.63, 3.8) is 0 Å². The van der Waals surface area contributed by atoms with Crippen LogP contribution in [0, 0.1) is 11.3 Å². The highest BCUT2D eigenvalue weighted by molar-refractivity contribution is 5.41. The van der Waals surface area contributed by atoms with Crippen molar-refractivity contribution < 1.29 is 9.47 Å². The lowest BCUT2D eigenvalue weighted by Gasteiger charge is -2.13. The lowest BCUT2D eigenvalue weighted by atomic mass is 10.1. The molecule has 0 aromatic heterocycles. The van der Waals surface area contributed by atoms with E-state index in [9.17, 15) is 0 Å². The Morgan fingerprint density at radius 2 is 2.25 bits per heavy atom. The monoisotopic (exact) mass is 220 g/mol. The Morgan fingerprint density at radius 1 is 1.50 bits per heavy atom. The Kier molecular flexibility index (Phi) is 4.62. The van der Waals surface area contributed by atoms with E-state index in [1.165, 1.54) is 0 Å². The predicted octanol–water partition coefficient (Wildman–Crippen LogP) is 1.49. The molecule has 1 atom stereocenters. The van der Waals surface area contributed by atoms with E-state index in [-0.39, 0.29) is 0 Å². The molecule has 16 heavy (non-hydrogen) atoms. The zero-order chi connectivity index (χ0) is 12.0. The first-order valence-corrected chi connectivity index (χ1v) is 5.14. The molecule has 0 aliphatic rings. The van der Waals surface area contributed by atoms with Gasteiger partial charge in [-0.2, -0.15) is 5.26 Å². The van der Waals surface area contributed by atoms with Gasteiger partial charge in [0.15, 0.2) is 6.10 Å². The van der Waals surface area contributed by atoms with Gasteiger partial charge in [-0.25, -0.2) is 0 Å². The van der Waals surface area contributed by atoms with Gasteiger partial charge in [0.05, 0.1) is 7.11 Å². The van der Waals surface area contributed by atoms with Crippen LogP contribution < -0.4 is 15.2 Å². The van der Waals surface area contributed by atoms with Crippen molar-refractivity contribution in [2.45, 2.75) is 19.4 Å². The highest BCUT2D eigenvalue weighted by atomic mass is 16.5. The molecule has 0 amide bonds. The van der Waals surface area contributed by atoms with Gasteiger partial charge in [0.2, 0.25) is 0 Å². The van der Waals surface area contributed by atoms with E-state index in [1.54, 1.807) is 20.1 Å². The minimum atomic E-state index is -0.483. The van der Waals surface area contributed by atoms with Crippen molar-refractivity contribution >= 4 is 0 Å². The smallest absolute Gasteiger partial charge is 0.181 e. The van der Waals surface area contributed by atoms with Gasteiger partial charge >= 0.3 is 0 Å². The van der Waals surface area contributed by atoms with Crippen LogP contribution in [-0.4, -0.2) is 19.8 Å². The molecule has 1 rings (SSSR count). The van der Waals surface area contributed by atoms with Crippen LogP contribution in [0.25, 0.3) is 0 Å². The minimum absolute atomic E-state index is 0.483. The summed E-state index contributed by atoms with van der Waals surface area (Å²) >= 11 is 0. The first-order valence-electron chi connectivity index (χ1n) is 5.14. The van der Waals surface area contributed by atoms with Crippen LogP contribution >= 0.6 is 0 Å². The van der Waals surface area contributed by atoms with Crippen LogP contribution in [0.15, 0.2) is 18.2 Å². The lowest BCUT2D eigenvalue weighted by molar-refractivity contribution is 0.272. The number of rotatable bonds is 5. The molecular weight excluding hydrogens is 204 g/mol. The van der Waals surface area contributed by atoms with Gasteiger partial charge in [0.1, 0.15) is 17.6 Å². The normalized spacial score (nSPS) is 11.6. The third kappa shape index (κ3) is 3.14. The fourth-order valence-corrected chi connectivity index (χ4v) is 1.35. The minimum Gasteiger partial charge on any atom is -0.497 e. The Labute approximate surface area is 95.6 Å². The molecule has 4 heteroatoms. The summed E-state index contributed by atoms with van der Waals surface area (Å²) in [5.74, 6) is 1.37. The van der Waals surface area contributed by atoms with Crippen LogP contribution in [0.1, 0.15) is 12.5 Å². The SMILES string of the molecule is COc1ccc(CCN)c(OC(C)C#N)c1. The predicted molar refractivity (Wildman–Crippen MR) is 61.5 cm³/mol. The molecule has 0 radical (unpaired) electrons. The van der Waals surface area contributed by atoms with Crippen LogP contribution in [0.4, 0.5) is 0 Å². The molecule has 0 aliphatic carbocycles. The molecule has 0 fully saturated rings. The maximum atomic E-state index is 8.71. The standard InChI is InChI=1S/C12H16N2O2/c1-9(8-14)16-12-7-11(15-2)4-3-10(12)5-6-13/h3-4,7,9H,5-6,13H2,1-2H3. The Hall–Kier alpha value is -1.73. The summed E-state index contributed by atoms with van der Waals surface area (Å²) in [6.07, 6.45) is 0.237. The van der Waals surface area contributed by atoms with Crippen LogP contribution in [0.3, 0.4) is 0 Å². The Morgan fingerprint density at radius 3 is 2.81 bits per heavy atom. The zero-order valence-electron chi connectivity index (χ0n) is 9.56. The van der Waals surface area contributed by atoms with Crippen molar-refractivity contribution in [2.75, 3.05) is 13.7 Å². The lowest BCUT2D eigenvalue weighted by Crippen LogP contribution is -2.11. The van der Waals surface area contributed by atoms with Gasteiger partial charge in [-0.1, -0.05) is 6.07 Å². The third-order valence-electron chi connectivity index (χ3n) is 2.17. The Balaban J connectivity index is 2.96. The van der Waals surface area contributed by atoms with Crippen molar-refractivity contribution in [2.24, 2.45) is 5.73 Å². The number of nitrogens with zero attached hydrogens (tertiary/aromatic N) is 1. The molecule has 1 unspecified atom stereocenters. The summed E-state index contributed by atoms with van der Waals surface area (Å²) < 4.78 is 10.6. The van der Waals surface area contributed by atoms with Gasteiger partial charge in [0, 0.05) is 6.07 Å². The largest absolute Gasteiger partial charge is 0.497 e. The maximum Gasteiger partial charge on any atom is 0.181 e. The molecule has 0 heterocycles. The van der Waals surface area contributed by atoms with E-state index in [1.807, 2.05) is 18.2 Å². The van der Waals surface area contributed by atoms with Gasteiger partial charge in [-0.05, 0) is 31.5 Å². The number of hydrogen-bond acceptors (Lipinski definition) is 4. The molecule has 0 saturated heterocycles. The Bertz CT molecular complexity index is 385. The van der Waals surface area contributed by atoms with E-state index >= 15 is 0 Å². The average Bonchev–Trinajstić information content (AvgIpc) is 2.31. The quantitative estimate of drug-likeness (QED) is 0.816. The van der Waals surface area contributed by atoms with Gasteiger partial charge in [-0.15, -0.1) is 0 Å². The zero-order valence-corrected chi connectivity index (χ0v) is 9.56. The van der Waals surface area contributed by atoms with Crippen LogP contribution in [-0.2, 0) is 6.42 Å². The summed E-state index contributed by atoms with van der Waals surface area (Å²) in [6, 6.07) is 7.57. The maximum absolute atomic E-state index is 8.71. The number of benzene rings is 1. The second-order valence-electron chi connectivity index (χ2n) is 3.40. The summed E-state index contributed by atoms with van der Waals surface area (Å²) in [5, 5.41) is 8.71. The molecule has 0 bridgehead atoms. The summed E-state index contributed by atoms with van der Waals surface area (Å²) in [4.78, 5) is 0. The van der Waals surface area contributed by atoms with Crippen molar-refractivity contribution in [3.05, 3.63) is 23.8 Å². The highest BCUT2D eigenvalue weighted by Gasteiger charge is 2.08. The van der Waals surface area contributed by atoms with Crippen molar-refractivity contribution in [3.8, 4) is 17.6 Å². The molecule has 2 N–H and O–H groups in total. The first-order chi connectivity index (χ1) is 7.71. The number of methoxy groups -OCH3 is 1. The van der Waals surface area contributed by atoms with Gasteiger partial charge in [-0.3, -0.25) is 0 Å². The second-order valence-corrected chi connectivity index (χ2v) is 3.40. The first kappa shape index (κ1) is 12.3. The average molecular weight is 220 g/mol. The highest BCUT2D eigenvalue weighted by Crippen LogP contribution is 2.25. The third-order valence-corrected chi connectivity index (χ3v) is 2.17. The number of nitriles is 1. The molecule has 86 valence electrons. The molecule has 4 nitrogen and oxygen atoms in total. The van der Waals surface area contributed by atoms with E-state index in [2.05, 4.69) is 0 Å².